The molecule has 0 bridgehead atoms. The van der Waals surface area contributed by atoms with Gasteiger partial charge in [0.2, 0.25) is 5.91 Å². The number of benzene rings is 3. The number of carbonyl (C=O) groups excluding carboxylic acids is 1. The van der Waals surface area contributed by atoms with E-state index in [0.29, 0.717) is 16.1 Å². The lowest BCUT2D eigenvalue weighted by Gasteiger charge is -2.12. The quantitative estimate of drug-likeness (QED) is 0.343. The first-order valence-corrected chi connectivity index (χ1v) is 11.9. The largest absolute Gasteiger partial charge is 0.325 e. The van der Waals surface area contributed by atoms with Gasteiger partial charge in [-0.1, -0.05) is 66.6 Å². The predicted octanol–water partition coefficient (Wildman–Crippen LogP) is 5.56. The molecule has 5 rings (SSSR count). The molecular formula is C28H25ClN4O2. The van der Waals surface area contributed by atoms with Gasteiger partial charge in [0.25, 0.3) is 5.56 Å². The van der Waals surface area contributed by atoms with Gasteiger partial charge in [0.15, 0.2) is 0 Å². The highest BCUT2D eigenvalue weighted by Crippen LogP contribution is 2.27. The van der Waals surface area contributed by atoms with Crippen LogP contribution < -0.4 is 10.9 Å². The Balaban J connectivity index is 1.61. The van der Waals surface area contributed by atoms with Crippen LogP contribution in [0.5, 0.6) is 0 Å². The Morgan fingerprint density at radius 1 is 1.03 bits per heavy atom. The molecule has 7 heteroatoms. The molecule has 2 heterocycles. The van der Waals surface area contributed by atoms with E-state index in [1.807, 2.05) is 74.5 Å². The van der Waals surface area contributed by atoms with Gasteiger partial charge in [-0.15, -0.1) is 0 Å². The molecule has 0 unspecified atom stereocenters. The number of anilines is 1. The van der Waals surface area contributed by atoms with Crippen LogP contribution in [0, 0.1) is 6.92 Å². The second kappa shape index (κ2) is 9.39. The normalized spacial score (nSPS) is 11.3. The molecule has 2 aromatic heterocycles. The number of fused-ring (bicyclic) bond motifs is 3. The molecule has 0 atom stereocenters. The van der Waals surface area contributed by atoms with Crippen LogP contribution in [0.4, 0.5) is 5.69 Å². The fraction of sp³-hybridized carbons (Fsp3) is 0.179. The van der Waals surface area contributed by atoms with Crippen LogP contribution in [0.2, 0.25) is 5.02 Å². The standard InChI is InChI=1S/C28H25ClN4O2/c1-3-19-8-5-7-11-23(19)31-25(34)16-33-24-13-12-18(2)14-21(24)26-27(33)28(35)32(17-30-26)15-20-9-4-6-10-22(20)29/h4-14,17H,3,15-16H2,1-2H3,(H,31,34). The Hall–Kier alpha value is -3.90. The van der Waals surface area contributed by atoms with Crippen LogP contribution >= 0.6 is 11.6 Å². The van der Waals surface area contributed by atoms with Gasteiger partial charge < -0.3 is 9.88 Å². The molecule has 0 aliphatic heterocycles. The average molecular weight is 485 g/mol. The summed E-state index contributed by atoms with van der Waals surface area (Å²) in [7, 11) is 0. The fourth-order valence-electron chi connectivity index (χ4n) is 4.48. The van der Waals surface area contributed by atoms with E-state index in [2.05, 4.69) is 10.3 Å². The minimum Gasteiger partial charge on any atom is -0.325 e. The lowest BCUT2D eigenvalue weighted by molar-refractivity contribution is -0.116. The molecular weight excluding hydrogens is 460 g/mol. The molecule has 0 radical (unpaired) electrons. The summed E-state index contributed by atoms with van der Waals surface area (Å²) in [5, 5.41) is 4.45. The van der Waals surface area contributed by atoms with E-state index in [9.17, 15) is 9.59 Å². The Labute approximate surface area is 207 Å². The Kier molecular flexibility index (Phi) is 6.14. The number of aromatic nitrogens is 3. The van der Waals surface area contributed by atoms with Crippen molar-refractivity contribution in [1.29, 1.82) is 0 Å². The van der Waals surface area contributed by atoms with E-state index in [4.69, 9.17) is 11.6 Å². The van der Waals surface area contributed by atoms with Crippen molar-refractivity contribution in [2.45, 2.75) is 33.4 Å². The highest BCUT2D eigenvalue weighted by atomic mass is 35.5. The minimum atomic E-state index is -0.217. The first-order valence-electron chi connectivity index (χ1n) is 11.6. The number of rotatable bonds is 6. The maximum atomic E-state index is 13.7. The van der Waals surface area contributed by atoms with Gasteiger partial charge >= 0.3 is 0 Å². The molecule has 0 spiro atoms. The molecule has 0 saturated carbocycles. The lowest BCUT2D eigenvalue weighted by atomic mass is 10.1. The van der Waals surface area contributed by atoms with E-state index in [-0.39, 0.29) is 24.6 Å². The van der Waals surface area contributed by atoms with Crippen molar-refractivity contribution in [3.05, 3.63) is 105 Å². The molecule has 3 aromatic carbocycles. The van der Waals surface area contributed by atoms with E-state index in [0.717, 1.165) is 39.7 Å². The molecule has 0 aliphatic carbocycles. The number of nitrogens with zero attached hydrogens (tertiary/aromatic N) is 3. The maximum Gasteiger partial charge on any atom is 0.278 e. The molecule has 35 heavy (non-hydrogen) atoms. The van der Waals surface area contributed by atoms with E-state index < -0.39 is 0 Å². The average Bonchev–Trinajstić information content (AvgIpc) is 3.15. The van der Waals surface area contributed by atoms with Crippen LogP contribution in [0.25, 0.3) is 21.9 Å². The number of aryl methyl sites for hydroxylation is 2. The number of hydrogen-bond donors (Lipinski definition) is 1. The number of amides is 1. The van der Waals surface area contributed by atoms with E-state index >= 15 is 0 Å². The van der Waals surface area contributed by atoms with Crippen molar-refractivity contribution in [2.75, 3.05) is 5.32 Å². The first-order chi connectivity index (χ1) is 17.0. The predicted molar refractivity (Wildman–Crippen MR) is 141 cm³/mol. The Morgan fingerprint density at radius 2 is 1.77 bits per heavy atom. The van der Waals surface area contributed by atoms with Crippen LogP contribution in [0.1, 0.15) is 23.6 Å². The molecule has 0 fully saturated rings. The SMILES string of the molecule is CCc1ccccc1NC(=O)Cn1c2ccc(C)cc2c2ncn(Cc3ccccc3Cl)c(=O)c21. The summed E-state index contributed by atoms with van der Waals surface area (Å²) < 4.78 is 3.31. The third-order valence-electron chi connectivity index (χ3n) is 6.25. The van der Waals surface area contributed by atoms with E-state index in [1.54, 1.807) is 17.0 Å². The Morgan fingerprint density at radius 3 is 2.54 bits per heavy atom. The van der Waals surface area contributed by atoms with Crippen molar-refractivity contribution in [1.82, 2.24) is 14.1 Å². The van der Waals surface area contributed by atoms with Crippen molar-refractivity contribution in [2.24, 2.45) is 0 Å². The zero-order valence-electron chi connectivity index (χ0n) is 19.6. The van der Waals surface area contributed by atoms with Crippen molar-refractivity contribution < 1.29 is 4.79 Å². The zero-order valence-corrected chi connectivity index (χ0v) is 20.3. The molecule has 1 N–H and O–H groups in total. The number of nitrogens with one attached hydrogen (secondary N) is 1. The van der Waals surface area contributed by atoms with E-state index in [1.165, 1.54) is 4.57 Å². The lowest BCUT2D eigenvalue weighted by Crippen LogP contribution is -2.25. The topological polar surface area (TPSA) is 68.9 Å². The zero-order chi connectivity index (χ0) is 24.5. The molecule has 0 aliphatic rings. The third-order valence-corrected chi connectivity index (χ3v) is 6.62. The summed E-state index contributed by atoms with van der Waals surface area (Å²) in [6.45, 7) is 4.33. The van der Waals surface area contributed by atoms with Gasteiger partial charge in [-0.25, -0.2) is 4.98 Å². The Bertz CT molecular complexity index is 1630. The number of halogens is 1. The highest BCUT2D eigenvalue weighted by Gasteiger charge is 2.19. The van der Waals surface area contributed by atoms with Crippen molar-refractivity contribution in [3.63, 3.8) is 0 Å². The summed E-state index contributed by atoms with van der Waals surface area (Å²) >= 11 is 6.33. The van der Waals surface area contributed by atoms with Gasteiger partial charge in [-0.3, -0.25) is 14.2 Å². The monoisotopic (exact) mass is 484 g/mol. The van der Waals surface area contributed by atoms with Crippen LogP contribution in [0.3, 0.4) is 0 Å². The summed E-state index contributed by atoms with van der Waals surface area (Å²) in [5.41, 5.74) is 5.29. The van der Waals surface area contributed by atoms with Gasteiger partial charge in [0, 0.05) is 16.1 Å². The van der Waals surface area contributed by atoms with Crippen molar-refractivity contribution in [3.8, 4) is 0 Å². The molecule has 176 valence electrons. The minimum absolute atomic E-state index is 0.00582. The molecule has 0 saturated heterocycles. The highest BCUT2D eigenvalue weighted by molar-refractivity contribution is 6.31. The number of carbonyl (C=O) groups is 1. The third kappa shape index (κ3) is 4.33. The smallest absolute Gasteiger partial charge is 0.278 e. The second-order valence-electron chi connectivity index (χ2n) is 8.63. The number of para-hydroxylation sites is 1. The second-order valence-corrected chi connectivity index (χ2v) is 9.04. The van der Waals surface area contributed by atoms with Crippen LogP contribution in [-0.4, -0.2) is 20.0 Å². The summed E-state index contributed by atoms with van der Waals surface area (Å²) in [5.74, 6) is -0.203. The maximum absolute atomic E-state index is 13.7. The first kappa shape index (κ1) is 22.9. The number of hydrogen-bond acceptors (Lipinski definition) is 3. The molecule has 6 nitrogen and oxygen atoms in total. The molecule has 1 amide bonds. The van der Waals surface area contributed by atoms with Gasteiger partial charge in [-0.05, 0) is 48.7 Å². The summed E-state index contributed by atoms with van der Waals surface area (Å²) in [6, 6.07) is 21.1. The van der Waals surface area contributed by atoms with Crippen molar-refractivity contribution >= 4 is 45.1 Å². The van der Waals surface area contributed by atoms with Gasteiger partial charge in [-0.2, -0.15) is 0 Å². The summed E-state index contributed by atoms with van der Waals surface area (Å²) in [6.07, 6.45) is 2.36. The van der Waals surface area contributed by atoms with Crippen LogP contribution in [0.15, 0.2) is 77.9 Å². The van der Waals surface area contributed by atoms with Gasteiger partial charge in [0.05, 0.1) is 18.4 Å². The van der Waals surface area contributed by atoms with Gasteiger partial charge in [0.1, 0.15) is 17.6 Å². The fourth-order valence-corrected chi connectivity index (χ4v) is 4.68. The summed E-state index contributed by atoms with van der Waals surface area (Å²) in [4.78, 5) is 31.5. The molecule has 5 aromatic rings. The van der Waals surface area contributed by atoms with Crippen LogP contribution in [-0.2, 0) is 24.3 Å².